The van der Waals surface area contributed by atoms with Gasteiger partial charge in [-0.15, -0.1) is 0 Å². The maximum absolute atomic E-state index is 11.4. The Morgan fingerprint density at radius 1 is 1.60 bits per heavy atom. The lowest BCUT2D eigenvalue weighted by atomic mass is 10.3. The van der Waals surface area contributed by atoms with Crippen LogP contribution in [0.3, 0.4) is 0 Å². The molecule has 0 saturated carbocycles. The number of ether oxygens (including phenoxy) is 1. The Kier molecular flexibility index (Phi) is 2.60. The highest BCUT2D eigenvalue weighted by Crippen LogP contribution is 2.22. The number of hydrogen-bond donors (Lipinski definition) is 1. The van der Waals surface area contributed by atoms with Gasteiger partial charge in [-0.3, -0.25) is 4.98 Å². The van der Waals surface area contributed by atoms with E-state index in [2.05, 4.69) is 9.97 Å². The van der Waals surface area contributed by atoms with Gasteiger partial charge in [0, 0.05) is 11.6 Å². The van der Waals surface area contributed by atoms with Crippen LogP contribution in [0.5, 0.6) is 0 Å². The molecule has 0 amide bonds. The Labute approximate surface area is 91.2 Å². The molecule has 0 atom stereocenters. The zero-order valence-corrected chi connectivity index (χ0v) is 8.84. The van der Waals surface area contributed by atoms with Gasteiger partial charge in [0.25, 0.3) is 0 Å². The number of esters is 1. The van der Waals surface area contributed by atoms with Crippen molar-refractivity contribution in [2.24, 2.45) is 0 Å². The van der Waals surface area contributed by atoms with E-state index in [1.165, 1.54) is 6.20 Å². The average Bonchev–Trinajstić information content (AvgIpc) is 2.63. The molecule has 0 spiro atoms. The van der Waals surface area contributed by atoms with E-state index in [1.54, 1.807) is 19.2 Å². The number of aromatic nitrogens is 2. The van der Waals surface area contributed by atoms with Gasteiger partial charge in [0.05, 0.1) is 23.3 Å². The third-order valence-electron chi connectivity index (χ3n) is 1.99. The van der Waals surface area contributed by atoms with Crippen LogP contribution in [0.1, 0.15) is 17.4 Å². The summed E-state index contributed by atoms with van der Waals surface area (Å²) in [5.41, 5.74) is 1.12. The van der Waals surface area contributed by atoms with Crippen LogP contribution in [0.4, 0.5) is 0 Å². The first-order valence-electron chi connectivity index (χ1n) is 4.51. The number of pyridine rings is 1. The second-order valence-electron chi connectivity index (χ2n) is 2.99. The molecule has 0 aliphatic carbocycles. The molecule has 0 fully saturated rings. The SMILES string of the molecule is CCOC(=O)c1cc2c(Cl)cncc2[nH]1. The van der Waals surface area contributed by atoms with Crippen molar-refractivity contribution in [1.82, 2.24) is 9.97 Å². The molecular weight excluding hydrogens is 216 g/mol. The van der Waals surface area contributed by atoms with Crippen LogP contribution in [0.2, 0.25) is 5.02 Å². The molecule has 0 aliphatic heterocycles. The minimum absolute atomic E-state index is 0.347. The molecule has 0 saturated heterocycles. The molecule has 0 radical (unpaired) electrons. The molecule has 2 rings (SSSR count). The zero-order valence-electron chi connectivity index (χ0n) is 8.08. The van der Waals surface area contributed by atoms with Gasteiger partial charge in [-0.25, -0.2) is 4.79 Å². The van der Waals surface area contributed by atoms with E-state index in [1.807, 2.05) is 0 Å². The second kappa shape index (κ2) is 3.90. The van der Waals surface area contributed by atoms with Crippen LogP contribution in [0.15, 0.2) is 18.5 Å². The summed E-state index contributed by atoms with van der Waals surface area (Å²) in [4.78, 5) is 18.2. The molecule has 15 heavy (non-hydrogen) atoms. The van der Waals surface area contributed by atoms with Crippen LogP contribution in [0, 0.1) is 0 Å². The second-order valence-corrected chi connectivity index (χ2v) is 3.39. The van der Waals surface area contributed by atoms with Crippen molar-refractivity contribution in [3.8, 4) is 0 Å². The first-order valence-corrected chi connectivity index (χ1v) is 4.89. The Morgan fingerprint density at radius 3 is 3.07 bits per heavy atom. The maximum Gasteiger partial charge on any atom is 0.354 e. The fraction of sp³-hybridized carbons (Fsp3) is 0.200. The lowest BCUT2D eigenvalue weighted by molar-refractivity contribution is 0.0520. The molecule has 78 valence electrons. The number of carbonyl (C=O) groups excluding carboxylic acids is 1. The van der Waals surface area contributed by atoms with E-state index < -0.39 is 0 Å². The smallest absolute Gasteiger partial charge is 0.354 e. The molecule has 0 aliphatic rings. The summed E-state index contributed by atoms with van der Waals surface area (Å²) >= 11 is 5.92. The van der Waals surface area contributed by atoms with Crippen LogP contribution in [-0.4, -0.2) is 22.5 Å². The minimum atomic E-state index is -0.384. The van der Waals surface area contributed by atoms with Crippen molar-refractivity contribution in [1.29, 1.82) is 0 Å². The van der Waals surface area contributed by atoms with Gasteiger partial charge < -0.3 is 9.72 Å². The number of halogens is 1. The van der Waals surface area contributed by atoms with E-state index in [0.717, 1.165) is 10.9 Å². The summed E-state index contributed by atoms with van der Waals surface area (Å²) in [7, 11) is 0. The number of H-pyrrole nitrogens is 1. The molecular formula is C10H9ClN2O2. The van der Waals surface area contributed by atoms with Gasteiger partial charge in [-0.05, 0) is 13.0 Å². The van der Waals surface area contributed by atoms with Gasteiger partial charge in [0.2, 0.25) is 0 Å². The Balaban J connectivity index is 2.47. The van der Waals surface area contributed by atoms with Crippen molar-refractivity contribution in [2.75, 3.05) is 6.61 Å². The maximum atomic E-state index is 11.4. The van der Waals surface area contributed by atoms with Crippen LogP contribution in [0.25, 0.3) is 10.9 Å². The summed E-state index contributed by atoms with van der Waals surface area (Å²) in [5.74, 6) is -0.384. The first-order chi connectivity index (χ1) is 7.22. The van der Waals surface area contributed by atoms with E-state index in [9.17, 15) is 4.79 Å². The predicted octanol–water partition coefficient (Wildman–Crippen LogP) is 2.39. The first kappa shape index (κ1) is 9.98. The standard InChI is InChI=1S/C10H9ClN2O2/c1-2-15-10(14)8-3-6-7(11)4-12-5-9(6)13-8/h3-5,13H,2H2,1H3. The number of carbonyl (C=O) groups is 1. The lowest BCUT2D eigenvalue weighted by Crippen LogP contribution is -2.04. The minimum Gasteiger partial charge on any atom is -0.461 e. The summed E-state index contributed by atoms with van der Waals surface area (Å²) in [6, 6.07) is 1.66. The van der Waals surface area contributed by atoms with E-state index >= 15 is 0 Å². The highest BCUT2D eigenvalue weighted by Gasteiger charge is 2.11. The molecule has 4 nitrogen and oxygen atoms in total. The molecule has 0 bridgehead atoms. The van der Waals surface area contributed by atoms with Gasteiger partial charge in [-0.2, -0.15) is 0 Å². The van der Waals surface area contributed by atoms with Crippen molar-refractivity contribution in [3.63, 3.8) is 0 Å². The van der Waals surface area contributed by atoms with Crippen molar-refractivity contribution in [2.45, 2.75) is 6.92 Å². The van der Waals surface area contributed by atoms with Gasteiger partial charge in [0.1, 0.15) is 5.69 Å². The Bertz CT molecular complexity index is 507. The van der Waals surface area contributed by atoms with Gasteiger partial charge in [-0.1, -0.05) is 11.6 Å². The molecule has 0 aromatic carbocycles. The topological polar surface area (TPSA) is 55.0 Å². The van der Waals surface area contributed by atoms with Crippen molar-refractivity contribution >= 4 is 28.5 Å². The predicted molar refractivity (Wildman–Crippen MR) is 57.1 cm³/mol. The normalized spacial score (nSPS) is 10.5. The molecule has 2 aromatic heterocycles. The monoisotopic (exact) mass is 224 g/mol. The van der Waals surface area contributed by atoms with Crippen molar-refractivity contribution < 1.29 is 9.53 Å². The average molecular weight is 225 g/mol. The summed E-state index contributed by atoms with van der Waals surface area (Å²) < 4.78 is 4.86. The number of hydrogen-bond acceptors (Lipinski definition) is 3. The zero-order chi connectivity index (χ0) is 10.8. The number of rotatable bonds is 2. The van der Waals surface area contributed by atoms with Gasteiger partial charge >= 0.3 is 5.97 Å². The molecule has 0 unspecified atom stereocenters. The van der Waals surface area contributed by atoms with E-state index in [-0.39, 0.29) is 5.97 Å². The van der Waals surface area contributed by atoms with E-state index in [4.69, 9.17) is 16.3 Å². The number of fused-ring (bicyclic) bond motifs is 1. The van der Waals surface area contributed by atoms with Crippen LogP contribution in [-0.2, 0) is 4.74 Å². The largest absolute Gasteiger partial charge is 0.461 e. The molecule has 1 N–H and O–H groups in total. The fourth-order valence-electron chi connectivity index (χ4n) is 1.34. The third kappa shape index (κ3) is 1.80. The summed E-state index contributed by atoms with van der Waals surface area (Å²) in [6.07, 6.45) is 3.15. The van der Waals surface area contributed by atoms with E-state index in [0.29, 0.717) is 17.3 Å². The van der Waals surface area contributed by atoms with Gasteiger partial charge in [0.15, 0.2) is 0 Å². The number of nitrogens with zero attached hydrogens (tertiary/aromatic N) is 1. The van der Waals surface area contributed by atoms with Crippen LogP contribution >= 0.6 is 11.6 Å². The summed E-state index contributed by atoms with van der Waals surface area (Å²) in [5, 5.41) is 1.29. The Morgan fingerprint density at radius 2 is 2.40 bits per heavy atom. The highest BCUT2D eigenvalue weighted by molar-refractivity contribution is 6.35. The number of nitrogens with one attached hydrogen (secondary N) is 1. The third-order valence-corrected chi connectivity index (χ3v) is 2.29. The lowest BCUT2D eigenvalue weighted by Gasteiger charge is -1.96. The molecule has 5 heteroatoms. The number of aromatic amines is 1. The Hall–Kier alpha value is -1.55. The molecule has 2 heterocycles. The summed E-state index contributed by atoms with van der Waals surface area (Å²) in [6.45, 7) is 2.11. The highest BCUT2D eigenvalue weighted by atomic mass is 35.5. The molecule has 2 aromatic rings. The fourth-order valence-corrected chi connectivity index (χ4v) is 1.55. The quantitative estimate of drug-likeness (QED) is 0.797. The van der Waals surface area contributed by atoms with Crippen LogP contribution < -0.4 is 0 Å². The van der Waals surface area contributed by atoms with Crippen molar-refractivity contribution in [3.05, 3.63) is 29.2 Å².